The molecule has 29 heavy (non-hydrogen) atoms. The first-order valence-corrected chi connectivity index (χ1v) is 13.3. The number of hydrogen-bond acceptors (Lipinski definition) is 0. The zero-order valence-corrected chi connectivity index (χ0v) is 20.3. The van der Waals surface area contributed by atoms with Gasteiger partial charge in [-0.15, -0.1) is 0 Å². The van der Waals surface area contributed by atoms with Gasteiger partial charge in [0.15, 0.2) is 12.4 Å². The van der Waals surface area contributed by atoms with Crippen LogP contribution in [0.1, 0.15) is 141 Å². The summed E-state index contributed by atoms with van der Waals surface area (Å²) >= 11 is 0. The van der Waals surface area contributed by atoms with Crippen LogP contribution in [0.2, 0.25) is 0 Å². The Bertz CT molecular complexity index is 457. The Morgan fingerprint density at radius 3 is 1.17 bits per heavy atom. The van der Waals surface area contributed by atoms with E-state index in [0.717, 1.165) is 12.8 Å². The summed E-state index contributed by atoms with van der Waals surface area (Å²) in [7, 11) is 0. The fourth-order valence-electron chi connectivity index (χ4n) is 4.31. The van der Waals surface area contributed by atoms with Crippen molar-refractivity contribution in [3.05, 3.63) is 29.6 Å². The van der Waals surface area contributed by atoms with Gasteiger partial charge in [0.25, 0.3) is 0 Å². The summed E-state index contributed by atoms with van der Waals surface area (Å²) in [5.41, 5.74) is 2.97. The van der Waals surface area contributed by atoms with Gasteiger partial charge in [-0.25, -0.2) is 4.57 Å². The molecule has 0 saturated heterocycles. The Hall–Kier alpha value is -0.850. The third kappa shape index (κ3) is 14.7. The molecule has 0 saturated carbocycles. The number of aromatic nitrogens is 1. The summed E-state index contributed by atoms with van der Waals surface area (Å²) in [4.78, 5) is 0. The maximum absolute atomic E-state index is 2.43. The van der Waals surface area contributed by atoms with Crippen LogP contribution < -0.4 is 4.57 Å². The third-order valence-electron chi connectivity index (χ3n) is 6.37. The van der Waals surface area contributed by atoms with Crippen LogP contribution >= 0.6 is 0 Å². The summed E-state index contributed by atoms with van der Waals surface area (Å²) in [5.74, 6) is 0. The maximum atomic E-state index is 2.43. The Morgan fingerprint density at radius 1 is 0.483 bits per heavy atom. The first-order chi connectivity index (χ1) is 14.3. The van der Waals surface area contributed by atoms with Gasteiger partial charge in [0.05, 0.1) is 0 Å². The number of nitrogens with zero attached hydrogens (tertiary/aromatic N) is 1. The van der Waals surface area contributed by atoms with E-state index in [-0.39, 0.29) is 0 Å². The number of unbranched alkanes of at least 4 members (excludes halogenated alkanes) is 16. The van der Waals surface area contributed by atoms with E-state index >= 15 is 0 Å². The molecule has 0 aliphatic rings. The van der Waals surface area contributed by atoms with Crippen molar-refractivity contribution in [1.29, 1.82) is 0 Å². The molecule has 168 valence electrons. The molecule has 0 radical (unpaired) electrons. The highest BCUT2D eigenvalue weighted by molar-refractivity contribution is 5.14. The van der Waals surface area contributed by atoms with Crippen LogP contribution in [0.4, 0.5) is 0 Å². The van der Waals surface area contributed by atoms with Gasteiger partial charge >= 0.3 is 0 Å². The smallest absolute Gasteiger partial charge is 0.171 e. The van der Waals surface area contributed by atoms with E-state index in [1.54, 1.807) is 0 Å². The second-order valence-electron chi connectivity index (χ2n) is 9.15. The van der Waals surface area contributed by atoms with Crippen LogP contribution in [-0.2, 0) is 19.4 Å². The molecule has 0 aliphatic carbocycles. The number of pyridine rings is 1. The molecule has 0 fully saturated rings. The Kier molecular flexibility index (Phi) is 17.3. The lowest BCUT2D eigenvalue weighted by atomic mass is 10.0. The van der Waals surface area contributed by atoms with Gasteiger partial charge in [-0.1, -0.05) is 117 Å². The first kappa shape index (κ1) is 26.2. The second-order valence-corrected chi connectivity index (χ2v) is 9.15. The van der Waals surface area contributed by atoms with Crippen LogP contribution in [0.5, 0.6) is 0 Å². The molecule has 1 heteroatoms. The Labute approximate surface area is 183 Å². The Balaban J connectivity index is 1.86. The van der Waals surface area contributed by atoms with Gasteiger partial charge in [-0.3, -0.25) is 0 Å². The SMILES string of the molecule is CCCCCCCCCCCCCCCCCCC[n+]1cc(CC)cc(CC)c1. The molecule has 1 rings (SSSR count). The normalized spacial score (nSPS) is 11.3. The van der Waals surface area contributed by atoms with Crippen molar-refractivity contribution in [2.45, 2.75) is 149 Å². The van der Waals surface area contributed by atoms with E-state index in [4.69, 9.17) is 0 Å². The Morgan fingerprint density at radius 2 is 0.828 bits per heavy atom. The van der Waals surface area contributed by atoms with Crippen molar-refractivity contribution in [2.75, 3.05) is 0 Å². The van der Waals surface area contributed by atoms with Crippen molar-refractivity contribution in [3.63, 3.8) is 0 Å². The zero-order valence-electron chi connectivity index (χ0n) is 20.3. The highest BCUT2D eigenvalue weighted by Gasteiger charge is 2.05. The number of hydrogen-bond donors (Lipinski definition) is 0. The molecule has 0 bridgehead atoms. The molecule has 1 heterocycles. The molecular weight excluding hydrogens is 350 g/mol. The van der Waals surface area contributed by atoms with Gasteiger partial charge in [0.2, 0.25) is 0 Å². The number of rotatable bonds is 20. The molecule has 0 N–H and O–H groups in total. The first-order valence-electron chi connectivity index (χ1n) is 13.3. The standard InChI is InChI=1S/C28H52N/c1-4-7-8-9-10-11-12-13-14-15-16-17-18-19-20-21-22-23-29-25-27(5-2)24-28(6-3)26-29/h24-26H,4-23H2,1-3H3/q+1. The molecule has 0 atom stereocenters. The molecule has 1 nitrogen and oxygen atoms in total. The average Bonchev–Trinajstić information content (AvgIpc) is 2.75. The topological polar surface area (TPSA) is 3.88 Å². The van der Waals surface area contributed by atoms with Gasteiger partial charge in [0, 0.05) is 17.5 Å². The van der Waals surface area contributed by atoms with E-state index in [1.165, 1.54) is 127 Å². The molecule has 0 aromatic carbocycles. The molecule has 1 aromatic rings. The summed E-state index contributed by atoms with van der Waals surface area (Å²) in [5, 5.41) is 0. The molecule has 0 spiro atoms. The largest absolute Gasteiger partial charge is 0.205 e. The monoisotopic (exact) mass is 402 g/mol. The maximum Gasteiger partial charge on any atom is 0.171 e. The third-order valence-corrected chi connectivity index (χ3v) is 6.37. The highest BCUT2D eigenvalue weighted by atomic mass is 14.9. The van der Waals surface area contributed by atoms with Crippen LogP contribution in [0, 0.1) is 0 Å². The van der Waals surface area contributed by atoms with Crippen molar-refractivity contribution < 1.29 is 4.57 Å². The van der Waals surface area contributed by atoms with Crippen LogP contribution in [-0.4, -0.2) is 0 Å². The second kappa shape index (κ2) is 19.1. The zero-order chi connectivity index (χ0) is 21.0. The summed E-state index contributed by atoms with van der Waals surface area (Å²) in [6.07, 6.45) is 31.6. The fraction of sp³-hybridized carbons (Fsp3) is 0.821. The molecule has 0 unspecified atom stereocenters. The molecule has 0 amide bonds. The van der Waals surface area contributed by atoms with E-state index in [0.29, 0.717) is 0 Å². The summed E-state index contributed by atoms with van der Waals surface area (Å²) < 4.78 is 2.43. The van der Waals surface area contributed by atoms with E-state index < -0.39 is 0 Å². The minimum atomic E-state index is 1.15. The average molecular weight is 403 g/mol. The lowest BCUT2D eigenvalue weighted by Gasteiger charge is -2.04. The van der Waals surface area contributed by atoms with Crippen molar-refractivity contribution >= 4 is 0 Å². The predicted octanol–water partition coefficient (Wildman–Crippen LogP) is 8.75. The van der Waals surface area contributed by atoms with Gasteiger partial charge in [-0.2, -0.15) is 0 Å². The van der Waals surface area contributed by atoms with Gasteiger partial charge in [-0.05, 0) is 25.3 Å². The predicted molar refractivity (Wildman–Crippen MR) is 130 cm³/mol. The van der Waals surface area contributed by atoms with Gasteiger partial charge in [0.1, 0.15) is 6.54 Å². The van der Waals surface area contributed by atoms with Crippen molar-refractivity contribution in [3.8, 4) is 0 Å². The van der Waals surface area contributed by atoms with Crippen LogP contribution in [0.15, 0.2) is 18.5 Å². The lowest BCUT2D eigenvalue weighted by Crippen LogP contribution is -2.34. The van der Waals surface area contributed by atoms with Crippen LogP contribution in [0.25, 0.3) is 0 Å². The minimum absolute atomic E-state index is 1.15. The minimum Gasteiger partial charge on any atom is -0.205 e. The van der Waals surface area contributed by atoms with Crippen molar-refractivity contribution in [1.82, 2.24) is 0 Å². The molecule has 0 aliphatic heterocycles. The molecular formula is C28H52N+. The lowest BCUT2D eigenvalue weighted by molar-refractivity contribution is -0.698. The summed E-state index contributed by atoms with van der Waals surface area (Å²) in [6, 6.07) is 2.37. The van der Waals surface area contributed by atoms with Gasteiger partial charge < -0.3 is 0 Å². The van der Waals surface area contributed by atoms with E-state index in [2.05, 4.69) is 43.8 Å². The van der Waals surface area contributed by atoms with Crippen LogP contribution in [0.3, 0.4) is 0 Å². The van der Waals surface area contributed by atoms with E-state index in [9.17, 15) is 0 Å². The number of aryl methyl sites for hydroxylation is 3. The fourth-order valence-corrected chi connectivity index (χ4v) is 4.31. The summed E-state index contributed by atoms with van der Waals surface area (Å²) in [6.45, 7) is 8.01. The van der Waals surface area contributed by atoms with E-state index in [1.807, 2.05) is 0 Å². The highest BCUT2D eigenvalue weighted by Crippen LogP contribution is 2.14. The van der Waals surface area contributed by atoms with Crippen molar-refractivity contribution in [2.24, 2.45) is 0 Å². The molecule has 1 aromatic heterocycles. The quantitative estimate of drug-likeness (QED) is 0.151.